The third-order valence-electron chi connectivity index (χ3n) is 5.37. The van der Waals surface area contributed by atoms with Gasteiger partial charge in [-0.1, -0.05) is 0 Å². The Kier molecular flexibility index (Phi) is 5.88. The number of hydrogen-bond acceptors (Lipinski definition) is 7. The molecule has 4 aromatic rings. The van der Waals surface area contributed by atoms with E-state index in [1.165, 1.54) is 35.6 Å². The lowest BCUT2D eigenvalue weighted by atomic mass is 10.0. The minimum Gasteiger partial charge on any atom is -0.420 e. The Morgan fingerprint density at radius 3 is 2.80 bits per heavy atom. The number of aromatic nitrogens is 3. The molecule has 1 aliphatic rings. The van der Waals surface area contributed by atoms with E-state index in [4.69, 9.17) is 16.3 Å². The van der Waals surface area contributed by atoms with Crippen LogP contribution in [0.25, 0.3) is 22.3 Å². The molecule has 12 heteroatoms. The largest absolute Gasteiger partial charge is 0.487 e. The van der Waals surface area contributed by atoms with Crippen molar-refractivity contribution < 1.29 is 23.0 Å². The van der Waals surface area contributed by atoms with Crippen molar-refractivity contribution in [3.63, 3.8) is 0 Å². The van der Waals surface area contributed by atoms with E-state index in [1.54, 1.807) is 17.5 Å². The molecule has 5 rings (SSSR count). The molecule has 3 heterocycles. The van der Waals surface area contributed by atoms with Gasteiger partial charge in [0.2, 0.25) is 0 Å². The van der Waals surface area contributed by atoms with Crippen LogP contribution in [0, 0.1) is 11.3 Å². The molecule has 0 bridgehead atoms. The fourth-order valence-electron chi connectivity index (χ4n) is 3.97. The van der Waals surface area contributed by atoms with Crippen molar-refractivity contribution in [1.29, 1.82) is 5.26 Å². The summed E-state index contributed by atoms with van der Waals surface area (Å²) in [5.41, 5.74) is -0.499. The van der Waals surface area contributed by atoms with Crippen LogP contribution < -0.4 is 10.1 Å². The van der Waals surface area contributed by atoms with E-state index in [9.17, 15) is 18.8 Å². The molecule has 35 heavy (non-hydrogen) atoms. The molecule has 1 N–H and O–H groups in total. The van der Waals surface area contributed by atoms with Gasteiger partial charge in [-0.05, 0) is 43.3 Å². The number of nitrogens with one attached hydrogen (secondary N) is 1. The summed E-state index contributed by atoms with van der Waals surface area (Å²) in [7, 11) is 0. The molecule has 0 spiro atoms. The fourth-order valence-corrected chi connectivity index (χ4v) is 4.67. The number of thiazole rings is 1. The van der Waals surface area contributed by atoms with Gasteiger partial charge in [-0.25, -0.2) is 9.97 Å². The average molecular weight is 516 g/mol. The van der Waals surface area contributed by atoms with Crippen LogP contribution in [-0.2, 0) is 11.3 Å². The molecule has 178 valence electrons. The number of carbonyl (C=O) groups is 1. The highest BCUT2D eigenvalue weighted by Crippen LogP contribution is 2.35. The minimum atomic E-state index is -3.83. The van der Waals surface area contributed by atoms with Gasteiger partial charge in [0.05, 0.1) is 29.4 Å². The second-order valence-corrected chi connectivity index (χ2v) is 9.13. The van der Waals surface area contributed by atoms with Crippen LogP contribution in [0.4, 0.5) is 14.5 Å². The quantitative estimate of drug-likeness (QED) is 0.350. The molecule has 1 aliphatic heterocycles. The van der Waals surface area contributed by atoms with Gasteiger partial charge < -0.3 is 19.4 Å². The lowest BCUT2D eigenvalue weighted by Gasteiger charge is -2.23. The van der Waals surface area contributed by atoms with E-state index in [1.807, 2.05) is 13.0 Å². The third-order valence-corrected chi connectivity index (χ3v) is 6.20. The molecule has 0 saturated heterocycles. The minimum absolute atomic E-state index is 0.0253. The average Bonchev–Trinajstić information content (AvgIpc) is 3.44. The molecule has 0 unspecified atom stereocenters. The number of halogens is 3. The number of hydrogen-bond donors (Lipinski definition) is 1. The lowest BCUT2D eigenvalue weighted by Crippen LogP contribution is -2.21. The molecule has 0 fully saturated rings. The molecule has 2 aromatic heterocycles. The highest BCUT2D eigenvalue weighted by atomic mass is 35.5. The number of amides is 1. The maximum Gasteiger partial charge on any atom is 0.487 e. The predicted octanol–water partition coefficient (Wildman–Crippen LogP) is 5.54. The summed E-state index contributed by atoms with van der Waals surface area (Å²) >= 11 is 5.99. The second kappa shape index (κ2) is 8.88. The van der Waals surface area contributed by atoms with Crippen molar-refractivity contribution in [2.45, 2.75) is 25.1 Å². The van der Waals surface area contributed by atoms with Crippen molar-refractivity contribution in [3.05, 3.63) is 58.2 Å². The van der Waals surface area contributed by atoms with E-state index in [2.05, 4.69) is 24.6 Å². The predicted molar refractivity (Wildman–Crippen MR) is 126 cm³/mol. The van der Waals surface area contributed by atoms with Crippen molar-refractivity contribution in [3.8, 4) is 23.1 Å². The molecule has 1 amide bonds. The van der Waals surface area contributed by atoms with Crippen LogP contribution in [0.3, 0.4) is 0 Å². The monoisotopic (exact) mass is 515 g/mol. The maximum absolute atomic E-state index is 13.1. The summed E-state index contributed by atoms with van der Waals surface area (Å²) in [5.74, 6) is 0.152. The highest BCUT2D eigenvalue weighted by molar-refractivity contribution is 7.10. The van der Waals surface area contributed by atoms with Crippen molar-refractivity contribution >= 4 is 45.6 Å². The number of rotatable bonds is 5. The SMILES string of the molecule is C[C@@H]1COCc2nc3cc(C(=O)Nc4ccc(OC(F)(F)Cl)cc4)cc(-c4csc(C#N)n4)c3n21. The first kappa shape index (κ1) is 23.2. The van der Waals surface area contributed by atoms with Crippen LogP contribution in [0.15, 0.2) is 41.8 Å². The van der Waals surface area contributed by atoms with Gasteiger partial charge in [0.1, 0.15) is 24.3 Å². The number of nitriles is 1. The van der Waals surface area contributed by atoms with E-state index >= 15 is 0 Å². The Bertz CT molecular complexity index is 1470. The van der Waals surface area contributed by atoms with Gasteiger partial charge in [-0.15, -0.1) is 20.1 Å². The Morgan fingerprint density at radius 1 is 1.34 bits per heavy atom. The van der Waals surface area contributed by atoms with E-state index < -0.39 is 11.5 Å². The summed E-state index contributed by atoms with van der Waals surface area (Å²) in [6, 6.07) is 10.8. The first-order valence-corrected chi connectivity index (χ1v) is 11.6. The van der Waals surface area contributed by atoms with Gasteiger partial charge >= 0.3 is 5.57 Å². The van der Waals surface area contributed by atoms with Crippen LogP contribution in [0.5, 0.6) is 5.75 Å². The molecule has 0 radical (unpaired) electrons. The molecule has 1 atom stereocenters. The zero-order valence-corrected chi connectivity index (χ0v) is 19.7. The normalized spacial score (nSPS) is 15.5. The van der Waals surface area contributed by atoms with E-state index in [0.29, 0.717) is 46.2 Å². The number of ether oxygens (including phenoxy) is 2. The molecule has 0 saturated carbocycles. The number of alkyl halides is 3. The van der Waals surface area contributed by atoms with Gasteiger partial charge in [-0.2, -0.15) is 5.26 Å². The first-order valence-electron chi connectivity index (χ1n) is 10.4. The summed E-state index contributed by atoms with van der Waals surface area (Å²) in [5, 5.41) is 14.0. The summed E-state index contributed by atoms with van der Waals surface area (Å²) in [6.07, 6.45) is 0. The third kappa shape index (κ3) is 4.68. The number of fused-ring (bicyclic) bond motifs is 3. The maximum atomic E-state index is 13.1. The Hall–Kier alpha value is -3.59. The van der Waals surface area contributed by atoms with Gasteiger partial charge in [0, 0.05) is 33.8 Å². The lowest BCUT2D eigenvalue weighted by molar-refractivity contribution is -0.0964. The summed E-state index contributed by atoms with van der Waals surface area (Å²) in [4.78, 5) is 22.2. The number of nitrogens with zero attached hydrogens (tertiary/aromatic N) is 4. The van der Waals surface area contributed by atoms with Crippen LogP contribution in [0.2, 0.25) is 0 Å². The fraction of sp³-hybridized carbons (Fsp3) is 0.217. The Balaban J connectivity index is 1.53. The Labute approximate surface area is 206 Å². The topological polar surface area (TPSA) is 102 Å². The molecule has 8 nitrogen and oxygen atoms in total. The number of imidazole rings is 1. The zero-order valence-electron chi connectivity index (χ0n) is 18.1. The van der Waals surface area contributed by atoms with E-state index in [-0.39, 0.29) is 11.8 Å². The van der Waals surface area contributed by atoms with Gasteiger partial charge in [0.15, 0.2) is 5.01 Å². The van der Waals surface area contributed by atoms with Crippen molar-refractivity contribution in [2.24, 2.45) is 0 Å². The number of anilines is 1. The standard InChI is InChI=1S/C23H16ClF2N5O3S/c1-12-9-33-10-19-29-17-7-13(6-16(21(17)31(12)19)18-11-35-20(8-27)30-18)22(32)28-14-2-4-15(5-3-14)34-23(24,25)26/h2-7,11-12H,9-10H2,1H3,(H,28,32)/t12-/m1/s1. The molecular formula is C23H16ClF2N5O3S. The first-order chi connectivity index (χ1) is 16.7. The smallest absolute Gasteiger partial charge is 0.420 e. The number of benzene rings is 2. The van der Waals surface area contributed by atoms with Crippen molar-refractivity contribution in [2.75, 3.05) is 11.9 Å². The van der Waals surface area contributed by atoms with Crippen molar-refractivity contribution in [1.82, 2.24) is 14.5 Å². The van der Waals surface area contributed by atoms with Gasteiger partial charge in [0.25, 0.3) is 5.91 Å². The second-order valence-electron chi connectivity index (χ2n) is 7.83. The van der Waals surface area contributed by atoms with Crippen LogP contribution >= 0.6 is 22.9 Å². The summed E-state index contributed by atoms with van der Waals surface area (Å²) in [6.45, 7) is 2.88. The highest BCUT2D eigenvalue weighted by Gasteiger charge is 2.28. The molecule has 0 aliphatic carbocycles. The Morgan fingerprint density at radius 2 is 2.11 bits per heavy atom. The zero-order chi connectivity index (χ0) is 24.7. The van der Waals surface area contributed by atoms with Crippen LogP contribution in [-0.4, -0.2) is 32.6 Å². The molecule has 2 aromatic carbocycles. The summed E-state index contributed by atoms with van der Waals surface area (Å²) < 4.78 is 37.6. The molecular weight excluding hydrogens is 500 g/mol. The van der Waals surface area contributed by atoms with E-state index in [0.717, 1.165) is 11.3 Å². The van der Waals surface area contributed by atoms with Crippen LogP contribution in [0.1, 0.15) is 34.2 Å². The number of carbonyl (C=O) groups excluding carboxylic acids is 1. The van der Waals surface area contributed by atoms with Gasteiger partial charge in [-0.3, -0.25) is 4.79 Å².